The summed E-state index contributed by atoms with van der Waals surface area (Å²) in [5.41, 5.74) is 2.23. The lowest BCUT2D eigenvalue weighted by Crippen LogP contribution is -2.35. The third kappa shape index (κ3) is 4.47. The summed E-state index contributed by atoms with van der Waals surface area (Å²) in [6.07, 6.45) is 2.37. The van der Waals surface area contributed by atoms with E-state index >= 15 is 0 Å². The van der Waals surface area contributed by atoms with Crippen molar-refractivity contribution in [3.05, 3.63) is 59.7 Å². The molecule has 174 valence electrons. The summed E-state index contributed by atoms with van der Waals surface area (Å²) in [7, 11) is -4.52. The molecule has 33 heavy (non-hydrogen) atoms. The molecular weight excluding hydrogens is 447 g/mol. The normalized spacial score (nSPS) is 17.3. The van der Waals surface area contributed by atoms with Crippen LogP contribution in [-0.2, 0) is 26.8 Å². The van der Waals surface area contributed by atoms with Crippen molar-refractivity contribution in [1.29, 1.82) is 0 Å². The van der Waals surface area contributed by atoms with E-state index in [0.717, 1.165) is 22.9 Å². The molecule has 1 N–H and O–H groups in total. The molecule has 0 saturated heterocycles. The summed E-state index contributed by atoms with van der Waals surface area (Å²) in [6.45, 7) is 7.48. The van der Waals surface area contributed by atoms with Crippen molar-refractivity contribution in [2.75, 3.05) is 6.61 Å². The summed E-state index contributed by atoms with van der Waals surface area (Å²) < 4.78 is 49.2. The van der Waals surface area contributed by atoms with Gasteiger partial charge >= 0.3 is 0 Å². The smallest absolute Gasteiger partial charge is 0.286 e. The van der Waals surface area contributed by atoms with Gasteiger partial charge in [-0.15, -0.1) is 0 Å². The number of amides is 1. The van der Waals surface area contributed by atoms with E-state index in [9.17, 15) is 17.6 Å². The molecule has 1 amide bonds. The number of pyridine rings is 1. The Bertz CT molecular complexity index is 1330. The van der Waals surface area contributed by atoms with Crippen LogP contribution in [0.2, 0.25) is 0 Å². The molecule has 0 atom stereocenters. The van der Waals surface area contributed by atoms with Gasteiger partial charge in [0.15, 0.2) is 5.82 Å². The van der Waals surface area contributed by atoms with Crippen molar-refractivity contribution in [3.63, 3.8) is 0 Å². The van der Waals surface area contributed by atoms with Gasteiger partial charge in [-0.3, -0.25) is 9.48 Å². The Balaban J connectivity index is 1.91. The Morgan fingerprint density at radius 1 is 1.24 bits per heavy atom. The van der Waals surface area contributed by atoms with Gasteiger partial charge in [0.25, 0.3) is 10.0 Å². The van der Waals surface area contributed by atoms with Gasteiger partial charge in [-0.1, -0.05) is 32.0 Å². The second-order valence-corrected chi connectivity index (χ2v) is 10.5. The molecule has 1 aliphatic heterocycles. The number of hydrogen-bond donors (Lipinski definition) is 1. The van der Waals surface area contributed by atoms with Crippen LogP contribution in [0, 0.1) is 5.82 Å². The first-order valence-corrected chi connectivity index (χ1v) is 12.0. The lowest BCUT2D eigenvalue weighted by molar-refractivity contribution is -0.118. The fraction of sp³-hybridized carbons (Fsp3) is 0.348. The van der Waals surface area contributed by atoms with E-state index in [1.807, 2.05) is 42.8 Å². The molecule has 8 nitrogen and oxygen atoms in total. The monoisotopic (exact) mass is 472 g/mol. The van der Waals surface area contributed by atoms with Gasteiger partial charge in [0, 0.05) is 12.3 Å². The van der Waals surface area contributed by atoms with Crippen LogP contribution in [0.4, 0.5) is 4.39 Å². The summed E-state index contributed by atoms with van der Waals surface area (Å²) in [6, 6.07) is 9.24. The molecule has 3 aromatic rings. The minimum atomic E-state index is -4.52. The molecular formula is C23H25FN4O4S. The molecule has 10 heteroatoms. The standard InChI is InChI=1S/C23H25FN4O4S/c1-14(2)16-6-5-7-17-15-8-9-25-21(10-15)32-13-23(3,4)28-12-19(24)22(26-28)33(30,31)27-20(29)11-18(16)17/h5-10,12,14H,11,13H2,1-4H3,(H,27,29). The van der Waals surface area contributed by atoms with Gasteiger partial charge in [-0.2, -0.15) is 13.5 Å². The molecule has 0 saturated carbocycles. The van der Waals surface area contributed by atoms with E-state index in [0.29, 0.717) is 11.4 Å². The Kier molecular flexibility index (Phi) is 5.73. The highest BCUT2D eigenvalue weighted by atomic mass is 32.2. The number of rotatable bonds is 1. The first-order chi connectivity index (χ1) is 15.5. The van der Waals surface area contributed by atoms with E-state index in [4.69, 9.17) is 4.74 Å². The van der Waals surface area contributed by atoms with E-state index in [1.165, 1.54) is 4.68 Å². The number of halogens is 1. The molecule has 4 bridgehead atoms. The fourth-order valence-corrected chi connectivity index (χ4v) is 4.78. The summed E-state index contributed by atoms with van der Waals surface area (Å²) in [5.74, 6) is -1.41. The van der Waals surface area contributed by atoms with Gasteiger partial charge in [-0.25, -0.2) is 14.1 Å². The number of fused-ring (bicyclic) bond motifs is 6. The van der Waals surface area contributed by atoms with Gasteiger partial charge in [0.2, 0.25) is 16.8 Å². The number of carbonyl (C=O) groups excluding carboxylic acids is 1. The summed E-state index contributed by atoms with van der Waals surface area (Å²) >= 11 is 0. The van der Waals surface area contributed by atoms with Crippen molar-refractivity contribution >= 4 is 15.9 Å². The fourth-order valence-electron chi connectivity index (χ4n) is 3.81. The second kappa shape index (κ2) is 8.26. The van der Waals surface area contributed by atoms with Crippen LogP contribution in [0.25, 0.3) is 11.1 Å². The molecule has 1 aromatic carbocycles. The van der Waals surface area contributed by atoms with E-state index in [1.54, 1.807) is 26.1 Å². The topological polar surface area (TPSA) is 103 Å². The maximum absolute atomic E-state index is 14.6. The maximum Gasteiger partial charge on any atom is 0.286 e. The third-order valence-corrected chi connectivity index (χ3v) is 6.83. The molecule has 1 aliphatic rings. The van der Waals surface area contributed by atoms with Crippen LogP contribution in [-0.4, -0.2) is 35.7 Å². The molecule has 4 rings (SSSR count). The molecule has 0 unspecified atom stereocenters. The number of nitrogens with one attached hydrogen (secondary N) is 1. The number of sulfonamides is 1. The van der Waals surface area contributed by atoms with Crippen LogP contribution < -0.4 is 9.46 Å². The zero-order valence-electron chi connectivity index (χ0n) is 18.8. The Labute approximate surface area is 191 Å². The SMILES string of the molecule is CC(C)c1cccc2c1CC(=O)NS(=O)(=O)c1nn(cc1F)C(C)(C)COc1cc-2ccn1. The largest absolute Gasteiger partial charge is 0.475 e. The van der Waals surface area contributed by atoms with Gasteiger partial charge in [0.05, 0.1) is 18.2 Å². The zero-order valence-corrected chi connectivity index (χ0v) is 19.6. The highest BCUT2D eigenvalue weighted by Gasteiger charge is 2.31. The van der Waals surface area contributed by atoms with Gasteiger partial charge in [0.1, 0.15) is 6.61 Å². The van der Waals surface area contributed by atoms with Crippen LogP contribution in [0.15, 0.2) is 47.8 Å². The summed E-state index contributed by atoms with van der Waals surface area (Å²) in [5, 5.41) is 3.08. The average Bonchev–Trinajstić information content (AvgIpc) is 3.15. The van der Waals surface area contributed by atoms with Gasteiger partial charge in [-0.05, 0) is 48.1 Å². The molecule has 2 aromatic heterocycles. The first-order valence-electron chi connectivity index (χ1n) is 10.5. The predicted octanol–water partition coefficient (Wildman–Crippen LogP) is 3.38. The average molecular weight is 473 g/mol. The van der Waals surface area contributed by atoms with Crippen LogP contribution in [0.1, 0.15) is 44.7 Å². The number of ether oxygens (including phenoxy) is 1. The van der Waals surface area contributed by atoms with Gasteiger partial charge < -0.3 is 4.74 Å². The van der Waals surface area contributed by atoms with Crippen molar-refractivity contribution in [2.45, 2.75) is 50.6 Å². The minimum Gasteiger partial charge on any atom is -0.475 e. The van der Waals surface area contributed by atoms with Crippen molar-refractivity contribution in [3.8, 4) is 17.0 Å². The predicted molar refractivity (Wildman–Crippen MR) is 120 cm³/mol. The molecule has 0 aliphatic carbocycles. The second-order valence-electron chi connectivity index (χ2n) is 8.94. The maximum atomic E-state index is 14.6. The summed E-state index contributed by atoms with van der Waals surface area (Å²) in [4.78, 5) is 17.1. The third-order valence-electron chi connectivity index (χ3n) is 5.55. The molecule has 0 spiro atoms. The van der Waals surface area contributed by atoms with Crippen LogP contribution in [0.3, 0.4) is 0 Å². The number of benzene rings is 1. The highest BCUT2D eigenvalue weighted by Crippen LogP contribution is 2.32. The van der Waals surface area contributed by atoms with E-state index < -0.39 is 32.3 Å². The Morgan fingerprint density at radius 2 is 2.00 bits per heavy atom. The molecule has 0 radical (unpaired) electrons. The number of aromatic nitrogens is 3. The van der Waals surface area contributed by atoms with Crippen LogP contribution >= 0.6 is 0 Å². The number of carbonyl (C=O) groups is 1. The van der Waals surface area contributed by atoms with E-state index in [2.05, 4.69) is 10.1 Å². The number of hydrogen-bond acceptors (Lipinski definition) is 6. The number of nitrogens with zero attached hydrogens (tertiary/aromatic N) is 3. The lowest BCUT2D eigenvalue weighted by atomic mass is 9.88. The van der Waals surface area contributed by atoms with Crippen molar-refractivity contribution < 1.29 is 22.3 Å². The lowest BCUT2D eigenvalue weighted by Gasteiger charge is -2.25. The zero-order chi connectivity index (χ0) is 24.0. The van der Waals surface area contributed by atoms with Crippen molar-refractivity contribution in [2.24, 2.45) is 0 Å². The quantitative estimate of drug-likeness (QED) is 0.582. The van der Waals surface area contributed by atoms with Crippen LogP contribution in [0.5, 0.6) is 5.88 Å². The molecule has 0 fully saturated rings. The van der Waals surface area contributed by atoms with E-state index in [-0.39, 0.29) is 18.9 Å². The highest BCUT2D eigenvalue weighted by molar-refractivity contribution is 7.90. The minimum absolute atomic E-state index is 0.0509. The Morgan fingerprint density at radius 3 is 2.73 bits per heavy atom. The Hall–Kier alpha value is -3.27. The first kappa shape index (κ1) is 22.9. The van der Waals surface area contributed by atoms with Crippen molar-refractivity contribution in [1.82, 2.24) is 19.5 Å². The molecule has 3 heterocycles.